The van der Waals surface area contributed by atoms with Gasteiger partial charge in [-0.2, -0.15) is 0 Å². The molecular formula is C18H22N6O6S3. The van der Waals surface area contributed by atoms with Crippen LogP contribution >= 0.6 is 34.9 Å². The van der Waals surface area contributed by atoms with Crippen molar-refractivity contribution in [1.82, 2.24) is 15.2 Å². The summed E-state index contributed by atoms with van der Waals surface area (Å²) in [4.78, 5) is 48.2. The molecule has 3 rings (SSSR count). The SMILES string of the molecule is CCO/N=C(\C(=O)NC1C(=O)N2C(C(=O)O)=C(S/C=C\[C@@H](N)CO)CS[C@H]12)c1csc(N)n1. The Morgan fingerprint density at radius 3 is 2.91 bits per heavy atom. The number of β-lactam (4-membered cyclic amide) rings is 1. The van der Waals surface area contributed by atoms with Crippen molar-refractivity contribution in [3.63, 3.8) is 0 Å². The van der Waals surface area contributed by atoms with Crippen molar-refractivity contribution in [2.24, 2.45) is 10.9 Å². The summed E-state index contributed by atoms with van der Waals surface area (Å²) in [6.07, 6.45) is 1.54. The monoisotopic (exact) mass is 514 g/mol. The van der Waals surface area contributed by atoms with Crippen LogP contribution in [0.1, 0.15) is 12.6 Å². The van der Waals surface area contributed by atoms with Crippen LogP contribution in [0.2, 0.25) is 0 Å². The number of aliphatic hydroxyl groups is 1. The largest absolute Gasteiger partial charge is 0.477 e. The summed E-state index contributed by atoms with van der Waals surface area (Å²) in [5, 5.41) is 27.9. The van der Waals surface area contributed by atoms with E-state index in [1.54, 1.807) is 23.8 Å². The Kier molecular flexibility index (Phi) is 8.36. The van der Waals surface area contributed by atoms with Crippen LogP contribution in [0.4, 0.5) is 5.13 Å². The number of hydrogen-bond donors (Lipinski definition) is 5. The van der Waals surface area contributed by atoms with Crippen molar-refractivity contribution in [2.75, 3.05) is 24.7 Å². The second-order valence-corrected chi connectivity index (χ2v) is 9.65. The summed E-state index contributed by atoms with van der Waals surface area (Å²) in [5.41, 5.74) is 11.2. The average molecular weight is 515 g/mol. The van der Waals surface area contributed by atoms with Gasteiger partial charge in [-0.1, -0.05) is 23.0 Å². The normalized spacial score (nSPS) is 21.6. The summed E-state index contributed by atoms with van der Waals surface area (Å²) < 4.78 is 0. The van der Waals surface area contributed by atoms with Crippen LogP contribution < -0.4 is 16.8 Å². The number of carbonyl (C=O) groups is 3. The van der Waals surface area contributed by atoms with Crippen molar-refractivity contribution in [3.8, 4) is 0 Å². The minimum Gasteiger partial charge on any atom is -0.477 e. The number of aliphatic hydroxyl groups excluding tert-OH is 1. The van der Waals surface area contributed by atoms with Gasteiger partial charge in [-0.05, 0) is 12.3 Å². The molecule has 15 heteroatoms. The predicted molar refractivity (Wildman–Crippen MR) is 126 cm³/mol. The van der Waals surface area contributed by atoms with E-state index in [0.717, 1.165) is 28.0 Å². The highest BCUT2D eigenvalue weighted by Gasteiger charge is 2.54. The second-order valence-electron chi connectivity index (χ2n) is 6.66. The van der Waals surface area contributed by atoms with Crippen LogP contribution in [0.15, 0.2) is 32.6 Å². The molecular weight excluding hydrogens is 492 g/mol. The molecule has 3 atom stereocenters. The van der Waals surface area contributed by atoms with Gasteiger partial charge in [-0.25, -0.2) is 9.78 Å². The maximum Gasteiger partial charge on any atom is 0.353 e. The highest BCUT2D eigenvalue weighted by atomic mass is 32.2. The third-order valence-electron chi connectivity index (χ3n) is 4.43. The lowest BCUT2D eigenvalue weighted by molar-refractivity contribution is -0.150. The number of nitrogens with two attached hydrogens (primary N) is 2. The van der Waals surface area contributed by atoms with Gasteiger partial charge in [0.25, 0.3) is 11.8 Å². The molecule has 0 bridgehead atoms. The fourth-order valence-electron chi connectivity index (χ4n) is 2.90. The molecule has 0 aliphatic carbocycles. The Morgan fingerprint density at radius 2 is 2.30 bits per heavy atom. The van der Waals surface area contributed by atoms with Gasteiger partial charge in [0.05, 0.1) is 6.61 Å². The Labute approximate surface area is 201 Å². The number of amides is 2. The summed E-state index contributed by atoms with van der Waals surface area (Å²) in [6, 6.07) is -1.51. The zero-order valence-corrected chi connectivity index (χ0v) is 19.8. The number of hydrogen-bond acceptors (Lipinski definition) is 12. The minimum atomic E-state index is -1.25. The third-order valence-corrected chi connectivity index (χ3v) is 7.49. The van der Waals surface area contributed by atoms with Crippen LogP contribution in [0.5, 0.6) is 0 Å². The van der Waals surface area contributed by atoms with E-state index in [1.807, 2.05) is 0 Å². The second kappa shape index (κ2) is 11.0. The molecule has 1 aromatic heterocycles. The van der Waals surface area contributed by atoms with E-state index in [-0.39, 0.29) is 35.4 Å². The number of thiazole rings is 1. The molecule has 0 radical (unpaired) electrons. The number of aliphatic carboxylic acids is 1. The number of nitrogen functional groups attached to an aromatic ring is 1. The van der Waals surface area contributed by atoms with Gasteiger partial charge < -0.3 is 31.8 Å². The summed E-state index contributed by atoms with van der Waals surface area (Å²) in [5.74, 6) is -2.18. The maximum atomic E-state index is 12.8. The fraction of sp³-hybridized carbons (Fsp3) is 0.389. The van der Waals surface area contributed by atoms with Gasteiger partial charge >= 0.3 is 5.97 Å². The van der Waals surface area contributed by atoms with Gasteiger partial charge in [0.2, 0.25) is 0 Å². The van der Waals surface area contributed by atoms with E-state index < -0.39 is 35.2 Å². The third kappa shape index (κ3) is 5.50. The molecule has 178 valence electrons. The predicted octanol–water partition coefficient (Wildman–Crippen LogP) is -0.271. The highest BCUT2D eigenvalue weighted by Crippen LogP contribution is 2.43. The molecule has 7 N–H and O–H groups in total. The van der Waals surface area contributed by atoms with Crippen LogP contribution in [0.3, 0.4) is 0 Å². The quantitative estimate of drug-likeness (QED) is 0.157. The van der Waals surface area contributed by atoms with E-state index in [4.69, 9.17) is 21.4 Å². The molecule has 3 heterocycles. The molecule has 1 saturated heterocycles. The molecule has 1 unspecified atom stereocenters. The lowest BCUT2D eigenvalue weighted by atomic mass is 10.0. The Morgan fingerprint density at radius 1 is 1.55 bits per heavy atom. The molecule has 1 fully saturated rings. The highest BCUT2D eigenvalue weighted by molar-refractivity contribution is 8.08. The number of carboxylic acids is 1. The van der Waals surface area contributed by atoms with Gasteiger partial charge in [-0.15, -0.1) is 23.1 Å². The number of fused-ring (bicyclic) bond motifs is 1. The van der Waals surface area contributed by atoms with Crippen LogP contribution in [0, 0.1) is 0 Å². The van der Waals surface area contributed by atoms with Gasteiger partial charge in [-0.3, -0.25) is 14.5 Å². The van der Waals surface area contributed by atoms with Crippen LogP contribution in [-0.4, -0.2) is 80.0 Å². The standard InChI is InChI=1S/C18H22N6O6S3/c1-2-30-23-11(9-6-33-18(20)21-9)14(26)22-12-15(27)24-13(17(28)29)10(7-32-16(12)24)31-4-3-8(19)5-25/h3-4,6,8,12,16,25H,2,5,7,19H2,1H3,(H2,20,21)(H,22,26)(H,28,29)/b4-3-,23-11-/t8-,12?,16-/m1/s1. The number of nitrogens with zero attached hydrogens (tertiary/aromatic N) is 3. The number of carboxylic acid groups (broad SMARTS) is 1. The first-order chi connectivity index (χ1) is 15.8. The number of aromatic nitrogens is 1. The van der Waals surface area contributed by atoms with E-state index in [9.17, 15) is 19.5 Å². The van der Waals surface area contributed by atoms with Crippen LogP contribution in [0.25, 0.3) is 0 Å². The molecule has 33 heavy (non-hydrogen) atoms. The van der Waals surface area contributed by atoms with Crippen molar-refractivity contribution >= 4 is 63.5 Å². The lowest BCUT2D eigenvalue weighted by Gasteiger charge is -2.49. The zero-order chi connectivity index (χ0) is 24.1. The number of carbonyl (C=O) groups excluding carboxylic acids is 2. The number of nitrogens with one attached hydrogen (secondary N) is 1. The van der Waals surface area contributed by atoms with E-state index in [2.05, 4.69) is 15.5 Å². The first-order valence-electron chi connectivity index (χ1n) is 9.61. The topological polar surface area (TPSA) is 193 Å². The summed E-state index contributed by atoms with van der Waals surface area (Å²) in [7, 11) is 0. The maximum absolute atomic E-state index is 12.8. The van der Waals surface area contributed by atoms with Crippen molar-refractivity contribution in [3.05, 3.63) is 33.2 Å². The van der Waals surface area contributed by atoms with Crippen molar-refractivity contribution in [2.45, 2.75) is 24.4 Å². The Balaban J connectivity index is 1.76. The molecule has 2 amide bonds. The number of oxime groups is 1. The smallest absolute Gasteiger partial charge is 0.353 e. The Hall–Kier alpha value is -2.59. The molecule has 12 nitrogen and oxygen atoms in total. The van der Waals surface area contributed by atoms with Gasteiger partial charge in [0.15, 0.2) is 10.8 Å². The first kappa shape index (κ1) is 25.0. The molecule has 0 aromatic carbocycles. The number of rotatable bonds is 10. The molecule has 2 aliphatic heterocycles. The number of anilines is 1. The van der Waals surface area contributed by atoms with E-state index in [1.165, 1.54) is 11.8 Å². The lowest BCUT2D eigenvalue weighted by Crippen LogP contribution is -2.71. The first-order valence-corrected chi connectivity index (χ1v) is 12.4. The average Bonchev–Trinajstić information content (AvgIpc) is 3.22. The van der Waals surface area contributed by atoms with E-state index >= 15 is 0 Å². The molecule has 0 saturated carbocycles. The summed E-state index contributed by atoms with van der Waals surface area (Å²) in [6.45, 7) is 1.67. The molecule has 0 spiro atoms. The van der Waals surface area contributed by atoms with Crippen molar-refractivity contribution in [1.29, 1.82) is 0 Å². The minimum absolute atomic E-state index is 0.132. The molecule has 2 aliphatic rings. The van der Waals surface area contributed by atoms with Crippen LogP contribution in [-0.2, 0) is 19.2 Å². The summed E-state index contributed by atoms with van der Waals surface area (Å²) >= 11 is 3.56. The fourth-order valence-corrected chi connectivity index (χ4v) is 5.86. The van der Waals surface area contributed by atoms with Gasteiger partial charge in [0, 0.05) is 22.1 Å². The van der Waals surface area contributed by atoms with E-state index in [0.29, 0.717) is 10.7 Å². The van der Waals surface area contributed by atoms with Crippen molar-refractivity contribution < 1.29 is 29.4 Å². The number of thioether (sulfide) groups is 2. The van der Waals surface area contributed by atoms with Gasteiger partial charge in [0.1, 0.15) is 29.4 Å². The Bertz CT molecular complexity index is 1030. The molecule has 1 aromatic rings. The zero-order valence-electron chi connectivity index (χ0n) is 17.3.